The number of hydrogen-bond acceptors (Lipinski definition) is 9. The molecular formula is C24H26ClN9OS. The summed E-state index contributed by atoms with van der Waals surface area (Å²) in [5.74, 6) is 0.412. The Morgan fingerprint density at radius 1 is 1.19 bits per heavy atom. The van der Waals surface area contributed by atoms with Gasteiger partial charge in [0.1, 0.15) is 11.5 Å². The fourth-order valence-corrected chi connectivity index (χ4v) is 5.99. The highest BCUT2D eigenvalue weighted by atomic mass is 35.5. The normalized spacial score (nSPS) is 20.4. The number of aromatic amines is 1. The molecule has 2 aliphatic heterocycles. The van der Waals surface area contributed by atoms with Crippen molar-refractivity contribution >= 4 is 57.2 Å². The van der Waals surface area contributed by atoms with Crippen molar-refractivity contribution in [2.24, 2.45) is 17.4 Å². The van der Waals surface area contributed by atoms with E-state index in [0.29, 0.717) is 47.8 Å². The van der Waals surface area contributed by atoms with E-state index in [4.69, 9.17) is 33.0 Å². The summed E-state index contributed by atoms with van der Waals surface area (Å²) in [6.45, 7) is 4.16. The van der Waals surface area contributed by atoms with Gasteiger partial charge in [0.15, 0.2) is 5.16 Å². The van der Waals surface area contributed by atoms with Crippen LogP contribution in [0.3, 0.4) is 0 Å². The molecule has 0 aromatic carbocycles. The molecule has 4 aromatic heterocycles. The van der Waals surface area contributed by atoms with Crippen molar-refractivity contribution in [2.45, 2.75) is 35.5 Å². The number of carbonyl (C=O) groups is 1. The second kappa shape index (κ2) is 9.15. The fourth-order valence-electron chi connectivity index (χ4n) is 4.87. The maximum Gasteiger partial charge on any atom is 0.229 e. The number of nitrogens with two attached hydrogens (primary N) is 2. The van der Waals surface area contributed by atoms with Crippen LogP contribution in [0, 0.1) is 5.92 Å². The molecule has 0 radical (unpaired) electrons. The molecule has 10 nitrogen and oxygen atoms in total. The molecule has 1 amide bonds. The first-order valence-corrected chi connectivity index (χ1v) is 13.1. The Kier molecular flexibility index (Phi) is 5.95. The van der Waals surface area contributed by atoms with Crippen molar-refractivity contribution in [3.05, 3.63) is 41.3 Å². The molecule has 12 heteroatoms. The molecular weight excluding hydrogens is 498 g/mol. The van der Waals surface area contributed by atoms with Gasteiger partial charge in [-0.3, -0.25) is 14.8 Å². The van der Waals surface area contributed by atoms with Crippen LogP contribution in [0.2, 0.25) is 5.02 Å². The topological polar surface area (TPSA) is 143 Å². The number of H-pyrrole nitrogens is 1. The largest absolute Gasteiger partial charge is 0.353 e. The molecule has 2 atom stereocenters. The lowest BCUT2D eigenvalue weighted by Crippen LogP contribution is -2.60. The number of anilines is 1. The minimum Gasteiger partial charge on any atom is -0.353 e. The third-order valence-corrected chi connectivity index (χ3v) is 8.06. The lowest BCUT2D eigenvalue weighted by Gasteiger charge is -2.38. The zero-order chi connectivity index (χ0) is 25.0. The lowest BCUT2D eigenvalue weighted by atomic mass is 9.99. The molecule has 0 spiro atoms. The van der Waals surface area contributed by atoms with Gasteiger partial charge in [0.2, 0.25) is 5.91 Å². The number of amides is 1. The standard InChI is InChI=1S/C24H26ClN9OS/c1-2-16-20(25)19-21(30-16)31-24(36-13-6-18-17(29-7-13)4-3-5-28-18)32-22(19)33-10-14(15(27)11-33)23(35)34-8-12(26)9-34/h3-7,12,14-15H,2,8-11,26-27H2,1H3,(H,30,31,32)/t14-,15+/m0/s1. The summed E-state index contributed by atoms with van der Waals surface area (Å²) in [5.41, 5.74) is 15.5. The van der Waals surface area contributed by atoms with Crippen LogP contribution in [0.4, 0.5) is 5.82 Å². The lowest BCUT2D eigenvalue weighted by molar-refractivity contribution is -0.139. The van der Waals surface area contributed by atoms with Gasteiger partial charge in [-0.15, -0.1) is 0 Å². The third kappa shape index (κ3) is 4.05. The molecule has 6 rings (SSSR count). The zero-order valence-electron chi connectivity index (χ0n) is 19.7. The van der Waals surface area contributed by atoms with Crippen molar-refractivity contribution in [1.82, 2.24) is 29.8 Å². The molecule has 2 aliphatic rings. The number of rotatable bonds is 5. The van der Waals surface area contributed by atoms with Crippen LogP contribution >= 0.6 is 23.4 Å². The summed E-state index contributed by atoms with van der Waals surface area (Å²) in [6.07, 6.45) is 4.26. The van der Waals surface area contributed by atoms with E-state index < -0.39 is 0 Å². The first-order valence-electron chi connectivity index (χ1n) is 11.9. The number of aromatic nitrogens is 5. The molecule has 36 heavy (non-hydrogen) atoms. The Bertz CT molecular complexity index is 1470. The monoisotopic (exact) mass is 523 g/mol. The van der Waals surface area contributed by atoms with Gasteiger partial charge in [0, 0.05) is 61.2 Å². The third-order valence-electron chi connectivity index (χ3n) is 6.82. The molecule has 0 aliphatic carbocycles. The van der Waals surface area contributed by atoms with Crippen molar-refractivity contribution in [3.8, 4) is 0 Å². The Morgan fingerprint density at radius 3 is 2.81 bits per heavy atom. The minimum absolute atomic E-state index is 0.0506. The van der Waals surface area contributed by atoms with Crippen LogP contribution in [0.25, 0.3) is 22.1 Å². The van der Waals surface area contributed by atoms with E-state index in [1.807, 2.05) is 25.1 Å². The van der Waals surface area contributed by atoms with Crippen LogP contribution < -0.4 is 16.4 Å². The van der Waals surface area contributed by atoms with E-state index >= 15 is 0 Å². The molecule has 4 aromatic rings. The van der Waals surface area contributed by atoms with Gasteiger partial charge in [-0.2, -0.15) is 0 Å². The summed E-state index contributed by atoms with van der Waals surface area (Å²) >= 11 is 8.17. The highest BCUT2D eigenvalue weighted by Crippen LogP contribution is 2.38. The van der Waals surface area contributed by atoms with Crippen molar-refractivity contribution in [3.63, 3.8) is 0 Å². The van der Waals surface area contributed by atoms with Gasteiger partial charge in [-0.1, -0.05) is 18.5 Å². The highest BCUT2D eigenvalue weighted by Gasteiger charge is 2.41. The van der Waals surface area contributed by atoms with E-state index in [2.05, 4.69) is 19.9 Å². The maximum atomic E-state index is 13.0. The molecule has 5 N–H and O–H groups in total. The summed E-state index contributed by atoms with van der Waals surface area (Å²) < 4.78 is 0. The van der Waals surface area contributed by atoms with Gasteiger partial charge in [0.05, 0.1) is 27.4 Å². The number of halogens is 1. The average Bonchev–Trinajstić information content (AvgIpc) is 3.40. The second-order valence-corrected chi connectivity index (χ2v) is 10.7. The Balaban J connectivity index is 1.36. The number of fused-ring (bicyclic) bond motifs is 2. The number of nitrogens with zero attached hydrogens (tertiary/aromatic N) is 6. The van der Waals surface area contributed by atoms with E-state index in [1.54, 1.807) is 17.3 Å². The van der Waals surface area contributed by atoms with E-state index in [-0.39, 0.29) is 23.9 Å². The highest BCUT2D eigenvalue weighted by molar-refractivity contribution is 7.99. The van der Waals surface area contributed by atoms with Gasteiger partial charge >= 0.3 is 0 Å². The SMILES string of the molecule is CCc1[nH]c2nc(Sc3cnc4cccnc4c3)nc(N3C[C@@H](N)[C@@H](C(=O)N4CC(N)C4)C3)c2c1Cl. The Labute approximate surface area is 216 Å². The fraction of sp³-hybridized carbons (Fsp3) is 0.375. The van der Waals surface area contributed by atoms with Crippen molar-refractivity contribution < 1.29 is 4.79 Å². The zero-order valence-corrected chi connectivity index (χ0v) is 21.3. The van der Waals surface area contributed by atoms with Gasteiger partial charge in [-0.05, 0) is 36.4 Å². The summed E-state index contributed by atoms with van der Waals surface area (Å²) in [4.78, 5) is 39.7. The van der Waals surface area contributed by atoms with Crippen molar-refractivity contribution in [1.29, 1.82) is 0 Å². The van der Waals surface area contributed by atoms with Crippen LogP contribution in [-0.2, 0) is 11.2 Å². The molecule has 6 heterocycles. The van der Waals surface area contributed by atoms with Crippen molar-refractivity contribution in [2.75, 3.05) is 31.1 Å². The maximum absolute atomic E-state index is 13.0. The van der Waals surface area contributed by atoms with E-state index in [1.165, 1.54) is 11.8 Å². The predicted molar refractivity (Wildman–Crippen MR) is 140 cm³/mol. The number of aryl methyl sites for hydroxylation is 1. The number of likely N-dealkylation sites (tertiary alicyclic amines) is 1. The molecule has 0 unspecified atom stereocenters. The van der Waals surface area contributed by atoms with Gasteiger partial charge in [0.25, 0.3) is 0 Å². The average molecular weight is 524 g/mol. The first kappa shape index (κ1) is 23.4. The molecule has 0 saturated carbocycles. The van der Waals surface area contributed by atoms with Gasteiger partial charge in [-0.25, -0.2) is 9.97 Å². The molecule has 186 valence electrons. The molecule has 0 bridgehead atoms. The summed E-state index contributed by atoms with van der Waals surface area (Å²) in [6, 6.07) is 5.50. The van der Waals surface area contributed by atoms with Crippen LogP contribution in [-0.4, -0.2) is 74.0 Å². The van der Waals surface area contributed by atoms with Crippen LogP contribution in [0.5, 0.6) is 0 Å². The number of pyridine rings is 2. The number of nitrogens with one attached hydrogen (secondary N) is 1. The smallest absolute Gasteiger partial charge is 0.229 e. The molecule has 2 saturated heterocycles. The summed E-state index contributed by atoms with van der Waals surface area (Å²) in [5, 5.41) is 1.90. The summed E-state index contributed by atoms with van der Waals surface area (Å²) in [7, 11) is 0. The predicted octanol–water partition coefficient (Wildman–Crippen LogP) is 2.20. The Morgan fingerprint density at radius 2 is 2.03 bits per heavy atom. The van der Waals surface area contributed by atoms with Gasteiger partial charge < -0.3 is 26.3 Å². The number of hydrogen-bond donors (Lipinski definition) is 3. The Hall–Kier alpha value is -2.99. The van der Waals surface area contributed by atoms with Crippen LogP contribution in [0.15, 0.2) is 40.6 Å². The quantitative estimate of drug-likeness (QED) is 0.335. The van der Waals surface area contributed by atoms with E-state index in [9.17, 15) is 4.79 Å². The van der Waals surface area contributed by atoms with E-state index in [0.717, 1.165) is 33.4 Å². The van der Waals surface area contributed by atoms with Crippen LogP contribution in [0.1, 0.15) is 12.6 Å². The second-order valence-electron chi connectivity index (χ2n) is 9.32. The molecule has 2 fully saturated rings. The first-order chi connectivity index (χ1) is 17.4. The minimum atomic E-state index is -0.322. The number of carbonyl (C=O) groups excluding carboxylic acids is 1.